The summed E-state index contributed by atoms with van der Waals surface area (Å²) in [6.07, 6.45) is -7.51. The Morgan fingerprint density at radius 3 is 2.63 bits per heavy atom. The van der Waals surface area contributed by atoms with Gasteiger partial charge >= 0.3 is 6.09 Å². The van der Waals surface area contributed by atoms with E-state index in [0.717, 1.165) is 6.07 Å². The predicted octanol–water partition coefficient (Wildman–Crippen LogP) is 3.13. The number of aliphatic hydroxyl groups is 3. The number of nitrogens with zero attached hydrogens (tertiary/aromatic N) is 4. The van der Waals surface area contributed by atoms with Crippen molar-refractivity contribution in [2.75, 3.05) is 12.3 Å². The standard InChI is InChI=1S/C27H32F3N5O6/c1-26(2,3)41-25(38)34-7-5-12-16(10-34)14(9-15(17(12)28)21(29)30)18(36)20-27(4,39)19(37)24(40-20)35-8-6-13-22(31)32-11-33-23(13)35/h6,8-9,11,18-21,24,36-37,39H,5,7,10H2,1-4H3,(H2,31,32,33)/t18?,19-,20+,24+,27-/m0/s1. The fraction of sp³-hybridized carbons (Fsp3) is 0.519. The molecule has 2 aliphatic heterocycles. The quantitative estimate of drug-likeness (QED) is 0.365. The van der Waals surface area contributed by atoms with Gasteiger partial charge < -0.3 is 40.0 Å². The summed E-state index contributed by atoms with van der Waals surface area (Å²) < 4.78 is 55.8. The third kappa shape index (κ3) is 4.98. The Kier molecular flexibility index (Phi) is 7.17. The molecule has 0 bridgehead atoms. The van der Waals surface area contributed by atoms with Gasteiger partial charge in [-0.25, -0.2) is 27.9 Å². The number of carbonyl (C=O) groups excluding carboxylic acids is 1. The molecule has 0 radical (unpaired) electrons. The van der Waals surface area contributed by atoms with Crippen LogP contribution < -0.4 is 5.73 Å². The topological polar surface area (TPSA) is 156 Å². The van der Waals surface area contributed by atoms with Crippen LogP contribution in [0.3, 0.4) is 0 Å². The van der Waals surface area contributed by atoms with Gasteiger partial charge in [0.05, 0.1) is 10.9 Å². The van der Waals surface area contributed by atoms with Gasteiger partial charge in [-0.1, -0.05) is 0 Å². The normalized spacial score (nSPS) is 25.5. The number of aliphatic hydroxyl groups excluding tert-OH is 2. The minimum atomic E-state index is -3.20. The van der Waals surface area contributed by atoms with Crippen LogP contribution in [0.2, 0.25) is 0 Å². The largest absolute Gasteiger partial charge is 0.444 e. The monoisotopic (exact) mass is 579 g/mol. The van der Waals surface area contributed by atoms with Gasteiger partial charge in [-0.15, -0.1) is 0 Å². The van der Waals surface area contributed by atoms with Gasteiger partial charge in [-0.3, -0.25) is 0 Å². The maximum atomic E-state index is 15.2. The number of nitrogens with two attached hydrogens (primary N) is 1. The van der Waals surface area contributed by atoms with Crippen molar-refractivity contribution in [2.45, 2.75) is 82.8 Å². The lowest BCUT2D eigenvalue weighted by molar-refractivity contribution is -0.115. The van der Waals surface area contributed by atoms with Crippen molar-refractivity contribution in [2.24, 2.45) is 0 Å². The highest BCUT2D eigenvalue weighted by atomic mass is 19.3. The third-order valence-corrected chi connectivity index (χ3v) is 7.56. The van der Waals surface area contributed by atoms with E-state index >= 15 is 4.39 Å². The number of carbonyl (C=O) groups is 1. The Hall–Kier alpha value is -3.46. The molecule has 11 nitrogen and oxygen atoms in total. The Labute approximate surface area is 233 Å². The number of rotatable bonds is 4. The van der Waals surface area contributed by atoms with Crippen molar-refractivity contribution in [3.05, 3.63) is 52.7 Å². The Morgan fingerprint density at radius 1 is 1.27 bits per heavy atom. The highest BCUT2D eigenvalue weighted by Gasteiger charge is 2.56. The summed E-state index contributed by atoms with van der Waals surface area (Å²) in [5, 5.41) is 34.5. The molecule has 5 rings (SSSR count). The minimum Gasteiger partial charge on any atom is -0.444 e. The molecule has 0 saturated carbocycles. The van der Waals surface area contributed by atoms with Gasteiger partial charge in [0.1, 0.15) is 53.1 Å². The van der Waals surface area contributed by atoms with Gasteiger partial charge in [-0.05, 0) is 62.9 Å². The van der Waals surface area contributed by atoms with E-state index in [1.165, 1.54) is 28.9 Å². The SMILES string of the molecule is CC(C)(C)OC(=O)N1CCc2c(F)c(C(F)F)cc(C(O)[C@H]3O[C@@H](n4ccc5c(N)ncnc54)[C@H](O)[C@]3(C)O)c2C1. The molecule has 1 fully saturated rings. The van der Waals surface area contributed by atoms with E-state index in [1.54, 1.807) is 26.8 Å². The number of hydrogen-bond donors (Lipinski definition) is 4. The Balaban J connectivity index is 1.54. The number of hydrogen-bond acceptors (Lipinski definition) is 9. The molecule has 5 N–H and O–H groups in total. The molecular formula is C27H32F3N5O6. The Bertz CT molecular complexity index is 1490. The highest BCUT2D eigenvalue weighted by Crippen LogP contribution is 2.46. The molecule has 2 aliphatic rings. The molecule has 5 atom stereocenters. The van der Waals surface area contributed by atoms with E-state index in [0.29, 0.717) is 11.0 Å². The lowest BCUT2D eigenvalue weighted by Crippen LogP contribution is -2.47. The Morgan fingerprint density at radius 2 is 1.98 bits per heavy atom. The van der Waals surface area contributed by atoms with Gasteiger partial charge in [0.15, 0.2) is 6.23 Å². The molecule has 4 heterocycles. The first-order valence-corrected chi connectivity index (χ1v) is 13.0. The van der Waals surface area contributed by atoms with E-state index in [-0.39, 0.29) is 42.0 Å². The number of halogens is 3. The van der Waals surface area contributed by atoms with Crippen molar-refractivity contribution < 1.29 is 42.8 Å². The average molecular weight is 580 g/mol. The predicted molar refractivity (Wildman–Crippen MR) is 139 cm³/mol. The van der Waals surface area contributed by atoms with E-state index in [2.05, 4.69) is 9.97 Å². The van der Waals surface area contributed by atoms with Crippen molar-refractivity contribution >= 4 is 22.9 Å². The molecular weight excluding hydrogens is 547 g/mol. The zero-order valence-electron chi connectivity index (χ0n) is 22.9. The molecule has 0 spiro atoms. The fourth-order valence-corrected chi connectivity index (χ4v) is 5.46. The van der Waals surface area contributed by atoms with Crippen LogP contribution in [0.5, 0.6) is 0 Å². The molecule has 41 heavy (non-hydrogen) atoms. The number of benzene rings is 1. The van der Waals surface area contributed by atoms with Crippen LogP contribution in [0.15, 0.2) is 24.7 Å². The summed E-state index contributed by atoms with van der Waals surface area (Å²) in [7, 11) is 0. The zero-order chi connectivity index (χ0) is 30.0. The van der Waals surface area contributed by atoms with Crippen LogP contribution in [-0.4, -0.2) is 70.8 Å². The number of anilines is 1. The summed E-state index contributed by atoms with van der Waals surface area (Å²) >= 11 is 0. The van der Waals surface area contributed by atoms with Gasteiger partial charge in [0, 0.05) is 19.3 Å². The second-order valence-electron chi connectivity index (χ2n) is 11.6. The molecule has 222 valence electrons. The average Bonchev–Trinajstić information content (AvgIpc) is 3.41. The summed E-state index contributed by atoms with van der Waals surface area (Å²) in [6.45, 7) is 6.05. The molecule has 1 saturated heterocycles. The van der Waals surface area contributed by atoms with Crippen LogP contribution in [0.25, 0.3) is 11.0 Å². The zero-order valence-corrected chi connectivity index (χ0v) is 22.9. The number of amides is 1. The molecule has 14 heteroatoms. The second kappa shape index (κ2) is 10.1. The molecule has 2 aromatic heterocycles. The van der Waals surface area contributed by atoms with Gasteiger partial charge in [-0.2, -0.15) is 0 Å². The highest BCUT2D eigenvalue weighted by molar-refractivity contribution is 5.86. The maximum Gasteiger partial charge on any atom is 0.410 e. The summed E-state index contributed by atoms with van der Waals surface area (Å²) in [4.78, 5) is 22.2. The van der Waals surface area contributed by atoms with Crippen molar-refractivity contribution in [1.29, 1.82) is 0 Å². The lowest BCUT2D eigenvalue weighted by Gasteiger charge is -2.35. The number of ether oxygens (including phenoxy) is 2. The van der Waals surface area contributed by atoms with Crippen molar-refractivity contribution in [3.63, 3.8) is 0 Å². The first-order valence-electron chi connectivity index (χ1n) is 13.0. The first kappa shape index (κ1) is 29.0. The van der Waals surface area contributed by atoms with E-state index < -0.39 is 59.6 Å². The molecule has 1 unspecified atom stereocenters. The fourth-order valence-electron chi connectivity index (χ4n) is 5.46. The molecule has 1 aromatic carbocycles. The van der Waals surface area contributed by atoms with Gasteiger partial charge in [0.2, 0.25) is 0 Å². The van der Waals surface area contributed by atoms with E-state index in [4.69, 9.17) is 15.2 Å². The molecule has 3 aromatic rings. The molecule has 1 amide bonds. The number of aromatic nitrogens is 3. The lowest BCUT2D eigenvalue weighted by atomic mass is 9.83. The van der Waals surface area contributed by atoms with Crippen LogP contribution in [0, 0.1) is 5.82 Å². The van der Waals surface area contributed by atoms with E-state index in [1.807, 2.05) is 0 Å². The number of nitrogen functional groups attached to an aromatic ring is 1. The number of alkyl halides is 2. The van der Waals surface area contributed by atoms with Crippen molar-refractivity contribution in [3.8, 4) is 0 Å². The first-order chi connectivity index (χ1) is 19.1. The second-order valence-corrected chi connectivity index (χ2v) is 11.6. The summed E-state index contributed by atoms with van der Waals surface area (Å²) in [6, 6.07) is 2.41. The van der Waals surface area contributed by atoms with Crippen LogP contribution in [-0.2, 0) is 22.4 Å². The summed E-state index contributed by atoms with van der Waals surface area (Å²) in [5.41, 5.74) is 2.21. The van der Waals surface area contributed by atoms with Crippen LogP contribution in [0.4, 0.5) is 23.8 Å². The van der Waals surface area contributed by atoms with Crippen LogP contribution >= 0.6 is 0 Å². The minimum absolute atomic E-state index is 0.00514. The van der Waals surface area contributed by atoms with Crippen LogP contribution in [0.1, 0.15) is 68.7 Å². The smallest absolute Gasteiger partial charge is 0.410 e. The number of fused-ring (bicyclic) bond motifs is 2. The maximum absolute atomic E-state index is 15.2. The molecule has 0 aliphatic carbocycles. The van der Waals surface area contributed by atoms with Crippen molar-refractivity contribution in [1.82, 2.24) is 19.4 Å². The van der Waals surface area contributed by atoms with E-state index in [9.17, 15) is 28.9 Å². The summed E-state index contributed by atoms with van der Waals surface area (Å²) in [5.74, 6) is -0.945. The third-order valence-electron chi connectivity index (χ3n) is 7.56. The van der Waals surface area contributed by atoms with Gasteiger partial charge in [0.25, 0.3) is 6.43 Å².